The molecule has 2 aromatic carbocycles. The van der Waals surface area contributed by atoms with Crippen LogP contribution < -0.4 is 0 Å². The average molecular weight is 288 g/mol. The van der Waals surface area contributed by atoms with Gasteiger partial charge in [0, 0.05) is 0 Å². The molecule has 0 aromatic heterocycles. The smallest absolute Gasteiger partial charge is 0.207 e. The van der Waals surface area contributed by atoms with E-state index in [4.69, 9.17) is 0 Å². The first-order chi connectivity index (χ1) is 9.23. The monoisotopic (exact) mass is 288 g/mol. The maximum absolute atomic E-state index is 12.9. The van der Waals surface area contributed by atoms with Crippen LogP contribution in [0.5, 0.6) is 0 Å². The Morgan fingerprint density at radius 2 is 1.25 bits per heavy atom. The molecule has 0 fully saturated rings. The van der Waals surface area contributed by atoms with E-state index in [0.717, 1.165) is 27.8 Å². The molecule has 0 atom stereocenters. The average Bonchev–Trinajstić information content (AvgIpc) is 2.30. The molecule has 0 saturated heterocycles. The van der Waals surface area contributed by atoms with Crippen molar-refractivity contribution in [2.75, 3.05) is 0 Å². The van der Waals surface area contributed by atoms with Crippen LogP contribution in [0.15, 0.2) is 40.1 Å². The number of hydrogen-bond donors (Lipinski definition) is 0. The van der Waals surface area contributed by atoms with Gasteiger partial charge in [-0.05, 0) is 69.0 Å². The minimum atomic E-state index is -3.46. The van der Waals surface area contributed by atoms with Gasteiger partial charge in [0.25, 0.3) is 0 Å². The van der Waals surface area contributed by atoms with Crippen molar-refractivity contribution >= 4 is 9.84 Å². The number of sulfone groups is 1. The Bertz CT molecular complexity index is 749. The van der Waals surface area contributed by atoms with Crippen LogP contribution in [0.3, 0.4) is 0 Å². The predicted molar refractivity (Wildman–Crippen MR) is 82.0 cm³/mol. The molecule has 3 heteroatoms. The number of hydrogen-bond acceptors (Lipinski definition) is 2. The van der Waals surface area contributed by atoms with E-state index in [1.807, 2.05) is 52.8 Å². The third-order valence-corrected chi connectivity index (χ3v) is 5.72. The molecule has 106 valence electrons. The standard InChI is InChI=1S/C17H20O2S/c1-11-8-14(4)17(15(5)9-11)20(18,19)16-7-6-12(2)13(3)10-16/h6-10H,1-5H3. The molecule has 0 amide bonds. The second-order valence-corrected chi connectivity index (χ2v) is 7.36. The molecule has 0 heterocycles. The van der Waals surface area contributed by atoms with E-state index in [9.17, 15) is 8.42 Å². The molecule has 20 heavy (non-hydrogen) atoms. The van der Waals surface area contributed by atoms with Gasteiger partial charge in [-0.3, -0.25) is 0 Å². The Labute approximate surface area is 121 Å². The lowest BCUT2D eigenvalue weighted by molar-refractivity contribution is 0.594. The summed E-state index contributed by atoms with van der Waals surface area (Å²) in [6.45, 7) is 9.60. The highest BCUT2D eigenvalue weighted by atomic mass is 32.2. The number of benzene rings is 2. The summed E-state index contributed by atoms with van der Waals surface area (Å²) < 4.78 is 25.7. The van der Waals surface area contributed by atoms with Crippen molar-refractivity contribution in [3.8, 4) is 0 Å². The molecule has 2 rings (SSSR count). The molecular weight excluding hydrogens is 268 g/mol. The van der Waals surface area contributed by atoms with Gasteiger partial charge in [0.05, 0.1) is 9.79 Å². The predicted octanol–water partition coefficient (Wildman–Crippen LogP) is 4.06. The second-order valence-electron chi connectivity index (χ2n) is 5.48. The molecule has 0 aliphatic carbocycles. The highest BCUT2D eigenvalue weighted by Gasteiger charge is 2.22. The normalized spacial score (nSPS) is 11.7. The Hall–Kier alpha value is -1.61. The van der Waals surface area contributed by atoms with E-state index in [2.05, 4.69) is 0 Å². The summed E-state index contributed by atoms with van der Waals surface area (Å²) in [4.78, 5) is 0.807. The molecule has 0 N–H and O–H groups in total. The van der Waals surface area contributed by atoms with E-state index < -0.39 is 9.84 Å². The molecular formula is C17H20O2S. The van der Waals surface area contributed by atoms with Gasteiger partial charge in [0.1, 0.15) is 0 Å². The zero-order chi connectivity index (χ0) is 15.1. The lowest BCUT2D eigenvalue weighted by Crippen LogP contribution is -2.07. The quantitative estimate of drug-likeness (QED) is 0.835. The first kappa shape index (κ1) is 14.8. The third-order valence-electron chi connectivity index (χ3n) is 3.66. The lowest BCUT2D eigenvalue weighted by atomic mass is 10.1. The van der Waals surface area contributed by atoms with E-state index in [-0.39, 0.29) is 0 Å². The number of aryl methyl sites for hydroxylation is 5. The van der Waals surface area contributed by atoms with E-state index in [0.29, 0.717) is 9.79 Å². The Kier molecular flexibility index (Phi) is 3.74. The summed E-state index contributed by atoms with van der Waals surface area (Å²) in [5.74, 6) is 0. The van der Waals surface area contributed by atoms with Gasteiger partial charge in [-0.1, -0.05) is 23.8 Å². The summed E-state index contributed by atoms with van der Waals surface area (Å²) in [5, 5.41) is 0. The van der Waals surface area contributed by atoms with Gasteiger partial charge in [-0.15, -0.1) is 0 Å². The van der Waals surface area contributed by atoms with E-state index in [1.54, 1.807) is 12.1 Å². The molecule has 0 saturated carbocycles. The van der Waals surface area contributed by atoms with Crippen molar-refractivity contribution in [2.45, 2.75) is 44.4 Å². The van der Waals surface area contributed by atoms with Crippen molar-refractivity contribution in [3.63, 3.8) is 0 Å². The highest BCUT2D eigenvalue weighted by Crippen LogP contribution is 2.29. The van der Waals surface area contributed by atoms with Crippen molar-refractivity contribution in [3.05, 3.63) is 58.1 Å². The topological polar surface area (TPSA) is 34.1 Å². The fraction of sp³-hybridized carbons (Fsp3) is 0.294. The van der Waals surface area contributed by atoms with Crippen LogP contribution in [0.4, 0.5) is 0 Å². The van der Waals surface area contributed by atoms with Crippen LogP contribution >= 0.6 is 0 Å². The molecule has 0 bridgehead atoms. The zero-order valence-electron chi connectivity index (χ0n) is 12.6. The Morgan fingerprint density at radius 1 is 0.700 bits per heavy atom. The Morgan fingerprint density at radius 3 is 1.75 bits per heavy atom. The fourth-order valence-electron chi connectivity index (χ4n) is 2.59. The van der Waals surface area contributed by atoms with Crippen molar-refractivity contribution in [1.82, 2.24) is 0 Å². The minimum absolute atomic E-state index is 0.371. The Balaban J connectivity index is 2.70. The summed E-state index contributed by atoms with van der Waals surface area (Å²) in [7, 11) is -3.46. The fourth-order valence-corrected chi connectivity index (χ4v) is 4.37. The van der Waals surface area contributed by atoms with Gasteiger partial charge in [0.2, 0.25) is 9.84 Å². The molecule has 0 aliphatic rings. The lowest BCUT2D eigenvalue weighted by Gasteiger charge is -2.13. The first-order valence-corrected chi connectivity index (χ1v) is 8.12. The van der Waals surface area contributed by atoms with Crippen LogP contribution in [0.25, 0.3) is 0 Å². The SMILES string of the molecule is Cc1cc(C)c(S(=O)(=O)c2ccc(C)c(C)c2)c(C)c1. The summed E-state index contributed by atoms with van der Waals surface area (Å²) >= 11 is 0. The largest absolute Gasteiger partial charge is 0.218 e. The van der Waals surface area contributed by atoms with Crippen LogP contribution in [0, 0.1) is 34.6 Å². The second kappa shape index (κ2) is 5.06. The third kappa shape index (κ3) is 2.50. The van der Waals surface area contributed by atoms with Crippen molar-refractivity contribution in [1.29, 1.82) is 0 Å². The minimum Gasteiger partial charge on any atom is -0.218 e. The summed E-state index contributed by atoms with van der Waals surface area (Å²) in [5.41, 5.74) is 4.79. The van der Waals surface area contributed by atoms with Gasteiger partial charge in [0.15, 0.2) is 0 Å². The highest BCUT2D eigenvalue weighted by molar-refractivity contribution is 7.91. The molecule has 2 nitrogen and oxygen atoms in total. The van der Waals surface area contributed by atoms with Crippen molar-refractivity contribution < 1.29 is 8.42 Å². The molecule has 0 spiro atoms. The zero-order valence-corrected chi connectivity index (χ0v) is 13.4. The molecule has 2 aromatic rings. The number of rotatable bonds is 2. The van der Waals surface area contributed by atoms with E-state index >= 15 is 0 Å². The van der Waals surface area contributed by atoms with Crippen LogP contribution in [0.1, 0.15) is 27.8 Å². The molecule has 0 unspecified atom stereocenters. The van der Waals surface area contributed by atoms with Gasteiger partial charge >= 0.3 is 0 Å². The van der Waals surface area contributed by atoms with Gasteiger partial charge in [-0.2, -0.15) is 0 Å². The summed E-state index contributed by atoms with van der Waals surface area (Å²) in [6.07, 6.45) is 0. The first-order valence-electron chi connectivity index (χ1n) is 6.63. The van der Waals surface area contributed by atoms with Crippen LogP contribution in [-0.4, -0.2) is 8.42 Å². The molecule has 0 radical (unpaired) electrons. The van der Waals surface area contributed by atoms with Gasteiger partial charge < -0.3 is 0 Å². The maximum atomic E-state index is 12.9. The van der Waals surface area contributed by atoms with E-state index in [1.165, 1.54) is 0 Å². The molecule has 0 aliphatic heterocycles. The van der Waals surface area contributed by atoms with Crippen LogP contribution in [0.2, 0.25) is 0 Å². The van der Waals surface area contributed by atoms with Gasteiger partial charge in [-0.25, -0.2) is 8.42 Å². The van der Waals surface area contributed by atoms with Crippen LogP contribution in [-0.2, 0) is 9.84 Å². The van der Waals surface area contributed by atoms with Crippen molar-refractivity contribution in [2.24, 2.45) is 0 Å². The maximum Gasteiger partial charge on any atom is 0.207 e. The summed E-state index contributed by atoms with van der Waals surface area (Å²) in [6, 6.07) is 9.14.